The molecule has 0 saturated carbocycles. The number of nitrogens with zero attached hydrogens (tertiary/aromatic N) is 5. The van der Waals surface area contributed by atoms with E-state index in [0.717, 1.165) is 11.1 Å². The number of nitriles is 1. The minimum atomic E-state index is -1.58. The summed E-state index contributed by atoms with van der Waals surface area (Å²) in [7, 11) is 0. The Balaban J connectivity index is 1.47. The van der Waals surface area contributed by atoms with Crippen molar-refractivity contribution in [2.24, 2.45) is 5.92 Å². The van der Waals surface area contributed by atoms with Crippen molar-refractivity contribution in [1.29, 1.82) is 5.26 Å². The van der Waals surface area contributed by atoms with Gasteiger partial charge in [-0.15, -0.1) is 10.2 Å². The Bertz CT molecular complexity index is 1420. The Kier molecular flexibility index (Phi) is 6.80. The van der Waals surface area contributed by atoms with Gasteiger partial charge in [0.05, 0.1) is 23.4 Å². The van der Waals surface area contributed by atoms with E-state index in [9.17, 15) is 9.65 Å². The first-order valence-corrected chi connectivity index (χ1v) is 12.4. The molecule has 188 valence electrons. The largest absolute Gasteiger partial charge is 0.292 e. The van der Waals surface area contributed by atoms with Gasteiger partial charge in [0.2, 0.25) is 0 Å². The number of alkyl halides is 1. The average Bonchev–Trinajstić information content (AvgIpc) is 3.38. The van der Waals surface area contributed by atoms with Crippen molar-refractivity contribution in [3.8, 4) is 11.8 Å². The Labute approximate surface area is 219 Å². The van der Waals surface area contributed by atoms with E-state index in [1.807, 2.05) is 48.5 Å². The molecule has 2 atom stereocenters. The summed E-state index contributed by atoms with van der Waals surface area (Å²) in [5.41, 5.74) is 2.18. The lowest BCUT2D eigenvalue weighted by Gasteiger charge is -2.50. The van der Waals surface area contributed by atoms with Crippen LogP contribution in [0, 0.1) is 23.1 Å². The lowest BCUT2D eigenvalue weighted by atomic mass is 9.72. The van der Waals surface area contributed by atoms with Gasteiger partial charge in [0.1, 0.15) is 24.1 Å². The Morgan fingerprint density at radius 3 is 2.32 bits per heavy atom. The lowest BCUT2D eigenvalue weighted by Crippen LogP contribution is -2.53. The Hall–Kier alpha value is -3.60. The molecule has 3 aromatic carbocycles. The van der Waals surface area contributed by atoms with E-state index in [1.165, 1.54) is 24.8 Å². The molecule has 1 fully saturated rings. The van der Waals surface area contributed by atoms with Gasteiger partial charge >= 0.3 is 0 Å². The molecule has 0 N–H and O–H groups in total. The fourth-order valence-electron chi connectivity index (χ4n) is 5.50. The van der Waals surface area contributed by atoms with Gasteiger partial charge in [-0.05, 0) is 78.9 Å². The van der Waals surface area contributed by atoms with Crippen molar-refractivity contribution in [2.75, 3.05) is 13.1 Å². The molecule has 1 aliphatic rings. The monoisotopic (exact) mass is 517 g/mol. The van der Waals surface area contributed by atoms with Gasteiger partial charge in [0.25, 0.3) is 0 Å². The molecule has 8 heteroatoms. The zero-order valence-electron chi connectivity index (χ0n) is 20.5. The summed E-state index contributed by atoms with van der Waals surface area (Å²) in [4.78, 5) is 2.27. The topological polar surface area (TPSA) is 57.7 Å². The van der Waals surface area contributed by atoms with E-state index < -0.39 is 17.4 Å². The second-order valence-corrected chi connectivity index (χ2v) is 10.5. The number of halogens is 3. The van der Waals surface area contributed by atoms with Gasteiger partial charge < -0.3 is 0 Å². The second-order valence-electron chi connectivity index (χ2n) is 10.1. The maximum atomic E-state index is 15.7. The summed E-state index contributed by atoms with van der Waals surface area (Å²) in [5, 5.41) is 17.7. The molecule has 0 amide bonds. The number of hydrogen-bond donors (Lipinski definition) is 0. The average molecular weight is 518 g/mol. The van der Waals surface area contributed by atoms with Crippen LogP contribution < -0.4 is 0 Å². The molecule has 1 unspecified atom stereocenters. The molecule has 0 spiro atoms. The predicted molar refractivity (Wildman–Crippen MR) is 139 cm³/mol. The third kappa shape index (κ3) is 5.27. The first-order valence-electron chi connectivity index (χ1n) is 12.1. The summed E-state index contributed by atoms with van der Waals surface area (Å²) in [6.07, 6.45) is 2.98. The van der Waals surface area contributed by atoms with Crippen LogP contribution in [0.1, 0.15) is 48.1 Å². The SMILES string of the molecule is CC(C)(F)C(c1cc(F)cc(-n2cnnc2)c1)C1CN([C@@H](c2ccc(Cl)cc2)c2cccc(C#N)c2)C1. The first-order chi connectivity index (χ1) is 17.7. The molecule has 0 bridgehead atoms. The number of benzene rings is 3. The lowest BCUT2D eigenvalue weighted by molar-refractivity contribution is 0.00813. The molecule has 2 heterocycles. The smallest absolute Gasteiger partial charge is 0.125 e. The van der Waals surface area contributed by atoms with Gasteiger partial charge in [-0.1, -0.05) is 35.9 Å². The number of rotatable bonds is 7. The molecule has 1 saturated heterocycles. The second kappa shape index (κ2) is 10.0. The Morgan fingerprint density at radius 1 is 0.973 bits per heavy atom. The van der Waals surface area contributed by atoms with E-state index >= 15 is 4.39 Å². The quantitative estimate of drug-likeness (QED) is 0.281. The van der Waals surface area contributed by atoms with Crippen LogP contribution in [-0.2, 0) is 0 Å². The molecule has 4 aromatic rings. The zero-order chi connectivity index (χ0) is 26.2. The molecule has 37 heavy (non-hydrogen) atoms. The third-order valence-corrected chi connectivity index (χ3v) is 7.26. The standard InChI is InChI=1S/C29H26ClF2N5/c1-29(2,32)27(22-11-25(31)13-26(12-22)37-17-34-35-18-37)23-15-36(16-23)28(20-6-8-24(30)9-7-20)21-5-3-4-19(10-21)14-33/h3-13,17-18,23,27-28H,15-16H2,1-2H3/t27?,28-/m0/s1. The molecular formula is C29H26ClF2N5. The number of aromatic nitrogens is 3. The minimum Gasteiger partial charge on any atom is -0.292 e. The maximum Gasteiger partial charge on any atom is 0.125 e. The van der Waals surface area contributed by atoms with Crippen LogP contribution in [0.2, 0.25) is 5.02 Å². The van der Waals surface area contributed by atoms with Crippen molar-refractivity contribution >= 4 is 11.6 Å². The zero-order valence-corrected chi connectivity index (χ0v) is 21.3. The summed E-state index contributed by atoms with van der Waals surface area (Å²) in [5.74, 6) is -0.991. The molecule has 0 radical (unpaired) electrons. The highest BCUT2D eigenvalue weighted by molar-refractivity contribution is 6.30. The predicted octanol–water partition coefficient (Wildman–Crippen LogP) is 6.48. The molecule has 1 aliphatic heterocycles. The van der Waals surface area contributed by atoms with Crippen LogP contribution in [0.3, 0.4) is 0 Å². The van der Waals surface area contributed by atoms with E-state index in [4.69, 9.17) is 11.6 Å². The van der Waals surface area contributed by atoms with Crippen LogP contribution >= 0.6 is 11.6 Å². The van der Waals surface area contributed by atoms with Gasteiger partial charge in [-0.25, -0.2) is 8.78 Å². The van der Waals surface area contributed by atoms with Crippen LogP contribution in [-0.4, -0.2) is 38.4 Å². The van der Waals surface area contributed by atoms with Crippen LogP contribution in [0.25, 0.3) is 5.69 Å². The molecule has 5 rings (SSSR count). The highest BCUT2D eigenvalue weighted by atomic mass is 35.5. The number of hydrogen-bond acceptors (Lipinski definition) is 4. The van der Waals surface area contributed by atoms with Crippen molar-refractivity contribution in [3.05, 3.63) is 112 Å². The van der Waals surface area contributed by atoms with Crippen molar-refractivity contribution in [1.82, 2.24) is 19.7 Å². The molecule has 0 aliphatic carbocycles. The fourth-order valence-corrected chi connectivity index (χ4v) is 5.62. The highest BCUT2D eigenvalue weighted by Crippen LogP contribution is 2.46. The number of likely N-dealkylation sites (tertiary alicyclic amines) is 1. The van der Waals surface area contributed by atoms with Gasteiger partial charge in [-0.3, -0.25) is 9.47 Å². The summed E-state index contributed by atoms with van der Waals surface area (Å²) in [6.45, 7) is 4.33. The normalized spacial score (nSPS) is 16.1. The molecular weight excluding hydrogens is 492 g/mol. The van der Waals surface area contributed by atoms with Crippen molar-refractivity contribution in [2.45, 2.75) is 31.5 Å². The summed E-state index contributed by atoms with van der Waals surface area (Å²) < 4.78 is 32.0. The first kappa shape index (κ1) is 25.1. The van der Waals surface area contributed by atoms with Crippen molar-refractivity contribution < 1.29 is 8.78 Å². The van der Waals surface area contributed by atoms with E-state index in [-0.39, 0.29) is 12.0 Å². The van der Waals surface area contributed by atoms with Crippen molar-refractivity contribution in [3.63, 3.8) is 0 Å². The maximum absolute atomic E-state index is 15.7. The minimum absolute atomic E-state index is 0.0375. The Morgan fingerprint density at radius 2 is 1.68 bits per heavy atom. The third-order valence-electron chi connectivity index (χ3n) is 7.01. The highest BCUT2D eigenvalue weighted by Gasteiger charge is 2.45. The van der Waals surface area contributed by atoms with Crippen LogP contribution in [0.4, 0.5) is 8.78 Å². The summed E-state index contributed by atoms with van der Waals surface area (Å²) >= 11 is 6.14. The van der Waals surface area contributed by atoms with Crippen LogP contribution in [0.15, 0.2) is 79.4 Å². The van der Waals surface area contributed by atoms with Crippen LogP contribution in [0.5, 0.6) is 0 Å². The molecule has 1 aromatic heterocycles. The van der Waals surface area contributed by atoms with Gasteiger partial charge in [-0.2, -0.15) is 5.26 Å². The van der Waals surface area contributed by atoms with Gasteiger partial charge in [0, 0.05) is 24.0 Å². The molecule has 5 nitrogen and oxygen atoms in total. The fraction of sp³-hybridized carbons (Fsp3) is 0.276. The van der Waals surface area contributed by atoms with Gasteiger partial charge in [0.15, 0.2) is 0 Å². The van der Waals surface area contributed by atoms with E-state index in [1.54, 1.807) is 24.5 Å². The van der Waals surface area contributed by atoms with E-state index in [2.05, 4.69) is 21.2 Å². The van der Waals surface area contributed by atoms with E-state index in [0.29, 0.717) is 34.9 Å². The summed E-state index contributed by atoms with van der Waals surface area (Å²) in [6, 6.07) is 21.9.